The van der Waals surface area contributed by atoms with Crippen molar-refractivity contribution >= 4 is 28.2 Å². The topological polar surface area (TPSA) is 94.4 Å². The molecule has 3 aromatic carbocycles. The fraction of sp³-hybridized carbons (Fsp3) is 0.0833. The third-order valence-electron chi connectivity index (χ3n) is 4.74. The van der Waals surface area contributed by atoms with Crippen molar-refractivity contribution in [2.24, 2.45) is 0 Å². The van der Waals surface area contributed by atoms with E-state index >= 15 is 0 Å². The van der Waals surface area contributed by atoms with Gasteiger partial charge in [0.25, 0.3) is 11.6 Å². The van der Waals surface area contributed by atoms with Crippen LogP contribution in [-0.2, 0) is 0 Å². The number of non-ortho nitro benzene ring substituents is 1. The van der Waals surface area contributed by atoms with Crippen LogP contribution in [0.4, 0.5) is 11.4 Å². The smallest absolute Gasteiger partial charge is 0.271 e. The monoisotopic (exact) mass is 413 g/mol. The summed E-state index contributed by atoms with van der Waals surface area (Å²) >= 11 is 0. The molecule has 0 aliphatic rings. The Hall–Kier alpha value is -4.26. The van der Waals surface area contributed by atoms with Crippen molar-refractivity contribution in [3.05, 3.63) is 94.5 Å². The number of amides is 1. The van der Waals surface area contributed by atoms with Crippen LogP contribution in [0.1, 0.15) is 17.3 Å². The number of ether oxygens (including phenoxy) is 1. The van der Waals surface area contributed by atoms with Crippen LogP contribution in [0.3, 0.4) is 0 Å². The largest absolute Gasteiger partial charge is 0.494 e. The van der Waals surface area contributed by atoms with Gasteiger partial charge in [-0.15, -0.1) is 0 Å². The normalized spacial score (nSPS) is 10.6. The minimum Gasteiger partial charge on any atom is -0.494 e. The van der Waals surface area contributed by atoms with Gasteiger partial charge in [-0.05, 0) is 49.4 Å². The molecule has 0 radical (unpaired) electrons. The Morgan fingerprint density at radius 1 is 1.03 bits per heavy atom. The number of hydrogen-bond acceptors (Lipinski definition) is 5. The fourth-order valence-electron chi connectivity index (χ4n) is 3.30. The Morgan fingerprint density at radius 3 is 2.55 bits per heavy atom. The summed E-state index contributed by atoms with van der Waals surface area (Å²) in [6.45, 7) is 2.50. The molecule has 1 N–H and O–H groups in total. The number of aromatic nitrogens is 1. The summed E-state index contributed by atoms with van der Waals surface area (Å²) < 4.78 is 5.49. The summed E-state index contributed by atoms with van der Waals surface area (Å²) in [6, 6.07) is 22.5. The van der Waals surface area contributed by atoms with Crippen LogP contribution in [0, 0.1) is 10.1 Å². The molecule has 7 heteroatoms. The lowest BCUT2D eigenvalue weighted by molar-refractivity contribution is -0.384. The van der Waals surface area contributed by atoms with Gasteiger partial charge in [0.05, 0.1) is 28.3 Å². The van der Waals surface area contributed by atoms with Crippen LogP contribution in [0.25, 0.3) is 22.2 Å². The maximum absolute atomic E-state index is 13.1. The molecule has 0 spiro atoms. The van der Waals surface area contributed by atoms with Crippen molar-refractivity contribution in [3.8, 4) is 17.0 Å². The maximum atomic E-state index is 13.1. The minimum atomic E-state index is -0.498. The first-order chi connectivity index (χ1) is 15.0. The van der Waals surface area contributed by atoms with Gasteiger partial charge >= 0.3 is 0 Å². The van der Waals surface area contributed by atoms with Gasteiger partial charge in [0.1, 0.15) is 5.75 Å². The van der Waals surface area contributed by atoms with Gasteiger partial charge in [0, 0.05) is 28.8 Å². The van der Waals surface area contributed by atoms with Crippen LogP contribution in [0.15, 0.2) is 78.9 Å². The molecule has 0 unspecified atom stereocenters. The van der Waals surface area contributed by atoms with Gasteiger partial charge in [0.2, 0.25) is 0 Å². The second kappa shape index (κ2) is 8.62. The Labute approximate surface area is 178 Å². The van der Waals surface area contributed by atoms with E-state index in [1.54, 1.807) is 12.1 Å². The second-order valence-corrected chi connectivity index (χ2v) is 6.79. The first-order valence-electron chi connectivity index (χ1n) is 9.74. The van der Waals surface area contributed by atoms with E-state index in [4.69, 9.17) is 9.72 Å². The number of carbonyl (C=O) groups excluding carboxylic acids is 1. The molecule has 0 saturated heterocycles. The summed E-state index contributed by atoms with van der Waals surface area (Å²) in [5.41, 5.74) is 2.86. The highest BCUT2D eigenvalue weighted by Gasteiger charge is 2.15. The molecule has 154 valence electrons. The van der Waals surface area contributed by atoms with Gasteiger partial charge in [-0.1, -0.05) is 24.3 Å². The van der Waals surface area contributed by atoms with E-state index in [1.807, 2.05) is 55.5 Å². The standard InChI is InChI=1S/C24H19N3O4/c1-2-31-19-12-10-16(11-13-19)23-15-21(20-8-3-4-9-22(20)26-23)24(28)25-17-6-5-7-18(14-17)27(29)30/h3-15H,2H2,1H3,(H,25,28). The van der Waals surface area contributed by atoms with E-state index in [0.717, 1.165) is 11.3 Å². The molecule has 1 aromatic heterocycles. The number of pyridine rings is 1. The molecule has 0 aliphatic heterocycles. The average Bonchev–Trinajstić information content (AvgIpc) is 2.79. The third-order valence-corrected chi connectivity index (χ3v) is 4.74. The van der Waals surface area contributed by atoms with Crippen LogP contribution in [0.2, 0.25) is 0 Å². The number of rotatable bonds is 6. The zero-order valence-corrected chi connectivity index (χ0v) is 16.7. The lowest BCUT2D eigenvalue weighted by Gasteiger charge is -2.11. The van der Waals surface area contributed by atoms with Crippen molar-refractivity contribution in [2.45, 2.75) is 6.92 Å². The first kappa shape index (κ1) is 20.0. The highest BCUT2D eigenvalue weighted by Crippen LogP contribution is 2.27. The van der Waals surface area contributed by atoms with Crippen LogP contribution in [-0.4, -0.2) is 22.4 Å². The van der Waals surface area contributed by atoms with E-state index < -0.39 is 4.92 Å². The van der Waals surface area contributed by atoms with E-state index in [0.29, 0.717) is 34.5 Å². The number of nitrogens with one attached hydrogen (secondary N) is 1. The van der Waals surface area contributed by atoms with Gasteiger partial charge < -0.3 is 10.1 Å². The third kappa shape index (κ3) is 4.35. The zero-order valence-electron chi connectivity index (χ0n) is 16.7. The lowest BCUT2D eigenvalue weighted by Crippen LogP contribution is -2.13. The fourth-order valence-corrected chi connectivity index (χ4v) is 3.30. The molecule has 4 aromatic rings. The van der Waals surface area contributed by atoms with Crippen molar-refractivity contribution in [1.82, 2.24) is 4.98 Å². The minimum absolute atomic E-state index is 0.0903. The number of hydrogen-bond donors (Lipinski definition) is 1. The van der Waals surface area contributed by atoms with Gasteiger partial charge in [0.15, 0.2) is 0 Å². The Bertz CT molecular complexity index is 1270. The molecule has 1 heterocycles. The molecular formula is C24H19N3O4. The quantitative estimate of drug-likeness (QED) is 0.334. The molecule has 0 aliphatic carbocycles. The summed E-state index contributed by atoms with van der Waals surface area (Å²) in [7, 11) is 0. The summed E-state index contributed by atoms with van der Waals surface area (Å²) in [5.74, 6) is 0.391. The van der Waals surface area contributed by atoms with Crippen LogP contribution < -0.4 is 10.1 Å². The van der Waals surface area contributed by atoms with Gasteiger partial charge in [-0.25, -0.2) is 4.98 Å². The maximum Gasteiger partial charge on any atom is 0.271 e. The lowest BCUT2D eigenvalue weighted by atomic mass is 10.0. The van der Waals surface area contributed by atoms with Gasteiger partial charge in [-0.2, -0.15) is 0 Å². The molecular weight excluding hydrogens is 394 g/mol. The highest BCUT2D eigenvalue weighted by atomic mass is 16.6. The molecule has 1 amide bonds. The highest BCUT2D eigenvalue weighted by molar-refractivity contribution is 6.13. The molecule has 0 fully saturated rings. The molecule has 0 bridgehead atoms. The van der Waals surface area contributed by atoms with E-state index in [9.17, 15) is 14.9 Å². The zero-order chi connectivity index (χ0) is 21.8. The summed E-state index contributed by atoms with van der Waals surface area (Å²) in [4.78, 5) is 28.3. The number of nitrogens with zero attached hydrogens (tertiary/aromatic N) is 2. The van der Waals surface area contributed by atoms with Crippen LogP contribution >= 0.6 is 0 Å². The first-order valence-corrected chi connectivity index (χ1v) is 9.74. The molecule has 4 rings (SSSR count). The van der Waals surface area contributed by atoms with Crippen molar-refractivity contribution in [2.75, 3.05) is 11.9 Å². The Kier molecular flexibility index (Phi) is 5.57. The van der Waals surface area contributed by atoms with E-state index in [2.05, 4.69) is 5.32 Å². The predicted octanol–water partition coefficient (Wildman–Crippen LogP) is 5.46. The number of nitro groups is 1. The van der Waals surface area contributed by atoms with Gasteiger partial charge in [-0.3, -0.25) is 14.9 Å². The number of benzene rings is 3. The van der Waals surface area contributed by atoms with Crippen molar-refractivity contribution in [1.29, 1.82) is 0 Å². The number of fused-ring (bicyclic) bond motifs is 1. The molecule has 0 atom stereocenters. The van der Waals surface area contributed by atoms with Crippen LogP contribution in [0.5, 0.6) is 5.75 Å². The SMILES string of the molecule is CCOc1ccc(-c2cc(C(=O)Nc3cccc([N+](=O)[O-])c3)c3ccccc3n2)cc1. The summed E-state index contributed by atoms with van der Waals surface area (Å²) in [6.07, 6.45) is 0. The second-order valence-electron chi connectivity index (χ2n) is 6.79. The van der Waals surface area contributed by atoms with Crippen molar-refractivity contribution in [3.63, 3.8) is 0 Å². The van der Waals surface area contributed by atoms with Crippen molar-refractivity contribution < 1.29 is 14.5 Å². The summed E-state index contributed by atoms with van der Waals surface area (Å²) in [5, 5.41) is 14.5. The predicted molar refractivity (Wildman–Crippen MR) is 119 cm³/mol. The number of nitro benzene ring substituents is 1. The molecule has 7 nitrogen and oxygen atoms in total. The molecule has 31 heavy (non-hydrogen) atoms. The number of carbonyl (C=O) groups is 1. The number of para-hydroxylation sites is 1. The average molecular weight is 413 g/mol. The molecule has 0 saturated carbocycles. The number of anilines is 1. The van der Waals surface area contributed by atoms with E-state index in [-0.39, 0.29) is 11.6 Å². The van der Waals surface area contributed by atoms with E-state index in [1.165, 1.54) is 18.2 Å². The Morgan fingerprint density at radius 2 is 1.81 bits per heavy atom. The Balaban J connectivity index is 1.73.